The van der Waals surface area contributed by atoms with Crippen LogP contribution in [0.1, 0.15) is 25.0 Å². The van der Waals surface area contributed by atoms with E-state index in [1.54, 1.807) is 6.07 Å². The molecule has 1 aliphatic heterocycles. The number of halogens is 2. The maximum absolute atomic E-state index is 13.3. The molecule has 0 unspecified atom stereocenters. The first kappa shape index (κ1) is 14.1. The highest BCUT2D eigenvalue weighted by atomic mass is 35.5. The third kappa shape index (κ3) is 2.68. The van der Waals surface area contributed by atoms with Gasteiger partial charge in [0.15, 0.2) is 0 Å². The Morgan fingerprint density at radius 3 is 3.05 bits per heavy atom. The van der Waals surface area contributed by atoms with Gasteiger partial charge in [0.1, 0.15) is 16.6 Å². The summed E-state index contributed by atoms with van der Waals surface area (Å²) in [5, 5.41) is 9.60. The molecule has 1 aliphatic rings. The van der Waals surface area contributed by atoms with Crippen LogP contribution in [0.4, 0.5) is 9.18 Å². The summed E-state index contributed by atoms with van der Waals surface area (Å²) < 4.78 is 14.7. The first-order valence-corrected chi connectivity index (χ1v) is 7.25. The number of carbonyl (C=O) groups is 1. The van der Waals surface area contributed by atoms with Gasteiger partial charge in [-0.15, -0.1) is 0 Å². The van der Waals surface area contributed by atoms with Crippen LogP contribution in [0.15, 0.2) is 18.3 Å². The summed E-state index contributed by atoms with van der Waals surface area (Å²) in [6.07, 6.45) is 3.50. The average Bonchev–Trinajstić information content (AvgIpc) is 2.76. The van der Waals surface area contributed by atoms with Crippen LogP contribution >= 0.6 is 11.6 Å². The van der Waals surface area contributed by atoms with Crippen LogP contribution in [0.3, 0.4) is 0 Å². The van der Waals surface area contributed by atoms with Crippen molar-refractivity contribution >= 4 is 23.3 Å². The summed E-state index contributed by atoms with van der Waals surface area (Å²) in [5.41, 5.74) is 1.18. The standard InChI is InChI=1S/C14H15ClFN3O2/c15-13-11(17-12-5-4-9(16)8-19(12)13)7-10-3-1-2-6-18(10)14(20)21/h4-5,8,10H,1-3,6-7H2,(H,20,21)/t10-/m0/s1. The number of aromatic nitrogens is 2. The number of rotatable bonds is 2. The second kappa shape index (κ2) is 5.52. The van der Waals surface area contributed by atoms with E-state index in [2.05, 4.69) is 4.98 Å². The van der Waals surface area contributed by atoms with Crippen LogP contribution in [0.25, 0.3) is 5.65 Å². The third-order valence-electron chi connectivity index (χ3n) is 3.89. The van der Waals surface area contributed by atoms with Gasteiger partial charge >= 0.3 is 6.09 Å². The van der Waals surface area contributed by atoms with Gasteiger partial charge in [-0.05, 0) is 31.4 Å². The third-order valence-corrected chi connectivity index (χ3v) is 4.29. The molecule has 1 amide bonds. The minimum atomic E-state index is -0.911. The van der Waals surface area contributed by atoms with Crippen molar-refractivity contribution in [2.75, 3.05) is 6.54 Å². The van der Waals surface area contributed by atoms with Crippen molar-refractivity contribution in [3.8, 4) is 0 Å². The zero-order valence-electron chi connectivity index (χ0n) is 11.3. The summed E-state index contributed by atoms with van der Waals surface area (Å²) in [7, 11) is 0. The Morgan fingerprint density at radius 2 is 2.29 bits per heavy atom. The first-order valence-electron chi connectivity index (χ1n) is 6.88. The maximum atomic E-state index is 13.3. The van der Waals surface area contributed by atoms with Crippen LogP contribution < -0.4 is 0 Å². The summed E-state index contributed by atoms with van der Waals surface area (Å²) in [4.78, 5) is 17.1. The van der Waals surface area contributed by atoms with Gasteiger partial charge in [0.2, 0.25) is 0 Å². The number of piperidine rings is 1. The molecule has 3 rings (SSSR count). The molecule has 1 fully saturated rings. The summed E-state index contributed by atoms with van der Waals surface area (Å²) in [5.74, 6) is -0.391. The quantitative estimate of drug-likeness (QED) is 0.926. The molecule has 0 saturated carbocycles. The van der Waals surface area contributed by atoms with E-state index in [0.29, 0.717) is 29.5 Å². The molecule has 1 saturated heterocycles. The zero-order chi connectivity index (χ0) is 15.0. The lowest BCUT2D eigenvalue weighted by atomic mass is 9.99. The molecule has 1 atom stereocenters. The summed E-state index contributed by atoms with van der Waals surface area (Å²) >= 11 is 6.24. The molecule has 5 nitrogen and oxygen atoms in total. The molecular formula is C14H15ClFN3O2. The SMILES string of the molecule is O=C(O)N1CCCC[C@H]1Cc1nc2ccc(F)cn2c1Cl. The van der Waals surface area contributed by atoms with Gasteiger partial charge in [0, 0.05) is 25.2 Å². The maximum Gasteiger partial charge on any atom is 0.407 e. The normalized spacial score (nSPS) is 19.1. The van der Waals surface area contributed by atoms with Crippen LogP contribution in [0.5, 0.6) is 0 Å². The number of carboxylic acid groups (broad SMARTS) is 1. The summed E-state index contributed by atoms with van der Waals surface area (Å²) in [6, 6.07) is 2.76. The van der Waals surface area contributed by atoms with Crippen molar-refractivity contribution in [1.82, 2.24) is 14.3 Å². The predicted octanol–water partition coefficient (Wildman–Crippen LogP) is 3.20. The van der Waals surface area contributed by atoms with Crippen LogP contribution in [-0.2, 0) is 6.42 Å². The Morgan fingerprint density at radius 1 is 1.48 bits per heavy atom. The molecule has 3 heterocycles. The number of likely N-dealkylation sites (tertiary alicyclic amines) is 1. The number of hydrogen-bond donors (Lipinski definition) is 1. The minimum absolute atomic E-state index is 0.122. The van der Waals surface area contributed by atoms with E-state index in [1.165, 1.54) is 21.6 Å². The van der Waals surface area contributed by atoms with Crippen LogP contribution in [0, 0.1) is 5.82 Å². The van der Waals surface area contributed by atoms with E-state index in [1.807, 2.05) is 0 Å². The Labute approximate surface area is 126 Å². The Kier molecular flexibility index (Phi) is 3.71. The van der Waals surface area contributed by atoms with Crippen molar-refractivity contribution in [1.29, 1.82) is 0 Å². The molecule has 0 spiro atoms. The second-order valence-electron chi connectivity index (χ2n) is 5.25. The van der Waals surface area contributed by atoms with E-state index in [9.17, 15) is 14.3 Å². The molecule has 2 aromatic heterocycles. The number of nitrogens with zero attached hydrogens (tertiary/aromatic N) is 3. The smallest absolute Gasteiger partial charge is 0.407 e. The molecule has 2 aromatic rings. The van der Waals surface area contributed by atoms with Crippen molar-refractivity contribution < 1.29 is 14.3 Å². The van der Waals surface area contributed by atoms with Gasteiger partial charge in [-0.3, -0.25) is 4.40 Å². The highest BCUT2D eigenvalue weighted by Crippen LogP contribution is 2.25. The van der Waals surface area contributed by atoms with Gasteiger partial charge < -0.3 is 10.0 Å². The lowest BCUT2D eigenvalue weighted by molar-refractivity contribution is 0.106. The molecule has 7 heteroatoms. The van der Waals surface area contributed by atoms with E-state index >= 15 is 0 Å². The molecule has 112 valence electrons. The number of hydrogen-bond acceptors (Lipinski definition) is 2. The van der Waals surface area contributed by atoms with Gasteiger partial charge in [0.25, 0.3) is 0 Å². The second-order valence-corrected chi connectivity index (χ2v) is 5.61. The number of amides is 1. The van der Waals surface area contributed by atoms with E-state index in [4.69, 9.17) is 11.6 Å². The summed E-state index contributed by atoms with van der Waals surface area (Å²) in [6.45, 7) is 0.541. The lowest BCUT2D eigenvalue weighted by Crippen LogP contribution is -2.44. The fraction of sp³-hybridized carbons (Fsp3) is 0.429. The molecule has 21 heavy (non-hydrogen) atoms. The molecule has 0 bridgehead atoms. The van der Waals surface area contributed by atoms with Gasteiger partial charge in [0.05, 0.1) is 5.69 Å². The zero-order valence-corrected chi connectivity index (χ0v) is 12.1. The van der Waals surface area contributed by atoms with Crippen molar-refractivity contribution in [3.05, 3.63) is 35.0 Å². The molecule has 0 radical (unpaired) electrons. The minimum Gasteiger partial charge on any atom is -0.465 e. The average molecular weight is 312 g/mol. The van der Waals surface area contributed by atoms with Crippen LogP contribution in [-0.4, -0.2) is 38.1 Å². The van der Waals surface area contributed by atoms with E-state index in [0.717, 1.165) is 19.3 Å². The highest BCUT2D eigenvalue weighted by Gasteiger charge is 2.28. The Hall–Kier alpha value is -1.82. The highest BCUT2D eigenvalue weighted by molar-refractivity contribution is 6.30. The van der Waals surface area contributed by atoms with Gasteiger partial charge in [-0.2, -0.15) is 0 Å². The molecular weight excluding hydrogens is 297 g/mol. The molecule has 0 aromatic carbocycles. The largest absolute Gasteiger partial charge is 0.465 e. The lowest BCUT2D eigenvalue weighted by Gasteiger charge is -2.33. The number of imidazole rings is 1. The molecule has 1 N–H and O–H groups in total. The van der Waals surface area contributed by atoms with Gasteiger partial charge in [-0.25, -0.2) is 14.2 Å². The Bertz CT molecular complexity index is 688. The number of pyridine rings is 1. The van der Waals surface area contributed by atoms with E-state index < -0.39 is 11.9 Å². The first-order chi connectivity index (χ1) is 10.1. The number of fused-ring (bicyclic) bond motifs is 1. The van der Waals surface area contributed by atoms with Crippen molar-refractivity contribution in [2.24, 2.45) is 0 Å². The van der Waals surface area contributed by atoms with Crippen molar-refractivity contribution in [3.63, 3.8) is 0 Å². The van der Waals surface area contributed by atoms with Crippen LogP contribution in [0.2, 0.25) is 5.15 Å². The fourth-order valence-electron chi connectivity index (χ4n) is 2.86. The Balaban J connectivity index is 1.90. The topological polar surface area (TPSA) is 57.8 Å². The predicted molar refractivity (Wildman–Crippen MR) is 76.2 cm³/mol. The van der Waals surface area contributed by atoms with Crippen molar-refractivity contribution in [2.45, 2.75) is 31.7 Å². The fourth-order valence-corrected chi connectivity index (χ4v) is 3.11. The molecule has 0 aliphatic carbocycles. The van der Waals surface area contributed by atoms with E-state index in [-0.39, 0.29) is 6.04 Å². The van der Waals surface area contributed by atoms with Gasteiger partial charge in [-0.1, -0.05) is 11.6 Å². The monoisotopic (exact) mass is 311 g/mol.